The number of carbonyl (C=O) groups excluding carboxylic acids is 2. The number of aromatic nitrogens is 1. The van der Waals surface area contributed by atoms with Gasteiger partial charge in [-0.3, -0.25) is 9.59 Å². The van der Waals surface area contributed by atoms with Crippen molar-refractivity contribution in [2.24, 2.45) is 0 Å². The van der Waals surface area contributed by atoms with Gasteiger partial charge in [-0.1, -0.05) is 41.9 Å². The standard InChI is InChI=1S/C24H24ClN3O3/c25-20-10-4-6-17(12-20)13-21-14-27-24(31-21)19-9-5-11-28(16-19)22(29)15-26-23(30)18-7-2-1-3-8-18/h1-4,6-8,10,12,14,19H,5,9,11,13,15-16H2,(H,26,30). The van der Waals surface area contributed by atoms with Gasteiger partial charge in [0, 0.05) is 30.1 Å². The molecule has 2 amide bonds. The quantitative estimate of drug-likeness (QED) is 0.631. The maximum atomic E-state index is 12.6. The summed E-state index contributed by atoms with van der Waals surface area (Å²) in [6, 6.07) is 16.5. The van der Waals surface area contributed by atoms with E-state index in [1.807, 2.05) is 30.3 Å². The number of carbonyl (C=O) groups is 2. The zero-order valence-corrected chi connectivity index (χ0v) is 17.8. The molecule has 1 aromatic heterocycles. The monoisotopic (exact) mass is 437 g/mol. The fourth-order valence-corrected chi connectivity index (χ4v) is 4.02. The Morgan fingerprint density at radius 1 is 1.16 bits per heavy atom. The van der Waals surface area contributed by atoms with Crippen molar-refractivity contribution in [1.29, 1.82) is 0 Å². The maximum absolute atomic E-state index is 12.6. The fraction of sp³-hybridized carbons (Fsp3) is 0.292. The summed E-state index contributed by atoms with van der Waals surface area (Å²) in [4.78, 5) is 31.0. The predicted octanol–water partition coefficient (Wildman–Crippen LogP) is 4.05. The van der Waals surface area contributed by atoms with Gasteiger partial charge in [0.1, 0.15) is 5.76 Å². The van der Waals surface area contributed by atoms with Crippen LogP contribution in [0.25, 0.3) is 0 Å². The Bertz CT molecular complexity index is 1050. The van der Waals surface area contributed by atoms with Gasteiger partial charge >= 0.3 is 0 Å². The number of piperidine rings is 1. The number of rotatable bonds is 6. The second-order valence-corrected chi connectivity index (χ2v) is 8.14. The first-order valence-corrected chi connectivity index (χ1v) is 10.8. The van der Waals surface area contributed by atoms with Crippen LogP contribution in [0.15, 0.2) is 65.2 Å². The van der Waals surface area contributed by atoms with Gasteiger partial charge < -0.3 is 14.6 Å². The number of benzene rings is 2. The fourth-order valence-electron chi connectivity index (χ4n) is 3.81. The molecule has 1 saturated heterocycles. The minimum atomic E-state index is -0.249. The summed E-state index contributed by atoms with van der Waals surface area (Å²) in [6.45, 7) is 1.19. The topological polar surface area (TPSA) is 75.4 Å². The summed E-state index contributed by atoms with van der Waals surface area (Å²) in [6.07, 6.45) is 4.15. The highest BCUT2D eigenvalue weighted by Crippen LogP contribution is 2.27. The van der Waals surface area contributed by atoms with Gasteiger partial charge in [-0.2, -0.15) is 0 Å². The Balaban J connectivity index is 1.32. The van der Waals surface area contributed by atoms with Gasteiger partial charge in [-0.15, -0.1) is 0 Å². The highest BCUT2D eigenvalue weighted by molar-refractivity contribution is 6.30. The first-order chi connectivity index (χ1) is 15.1. The highest BCUT2D eigenvalue weighted by Gasteiger charge is 2.28. The van der Waals surface area contributed by atoms with Crippen molar-refractivity contribution in [3.63, 3.8) is 0 Å². The normalized spacial score (nSPS) is 16.2. The zero-order chi connectivity index (χ0) is 21.6. The molecule has 7 heteroatoms. The number of hydrogen-bond acceptors (Lipinski definition) is 4. The van der Waals surface area contributed by atoms with Gasteiger partial charge in [0.05, 0.1) is 18.7 Å². The third-order valence-corrected chi connectivity index (χ3v) is 5.63. The van der Waals surface area contributed by atoms with Gasteiger partial charge in [-0.05, 0) is 42.7 Å². The molecule has 1 aliphatic heterocycles. The smallest absolute Gasteiger partial charge is 0.251 e. The molecule has 2 aromatic carbocycles. The van der Waals surface area contributed by atoms with E-state index in [4.69, 9.17) is 16.0 Å². The Kier molecular flexibility index (Phi) is 6.67. The number of likely N-dealkylation sites (tertiary alicyclic amines) is 1. The lowest BCUT2D eigenvalue weighted by molar-refractivity contribution is -0.131. The van der Waals surface area contributed by atoms with E-state index in [0.717, 1.165) is 24.2 Å². The molecule has 2 heterocycles. The Morgan fingerprint density at radius 3 is 2.81 bits per heavy atom. The van der Waals surface area contributed by atoms with Crippen molar-refractivity contribution in [2.75, 3.05) is 19.6 Å². The van der Waals surface area contributed by atoms with E-state index in [2.05, 4.69) is 10.3 Å². The summed E-state index contributed by atoms with van der Waals surface area (Å²) >= 11 is 6.05. The lowest BCUT2D eigenvalue weighted by Crippen LogP contribution is -2.44. The van der Waals surface area contributed by atoms with E-state index in [-0.39, 0.29) is 24.3 Å². The molecule has 3 aromatic rings. The molecule has 1 aliphatic rings. The minimum absolute atomic E-state index is 0.0218. The molecule has 0 aliphatic carbocycles. The number of nitrogens with zero attached hydrogens (tertiary/aromatic N) is 2. The second kappa shape index (κ2) is 9.79. The van der Waals surface area contributed by atoms with Crippen molar-refractivity contribution >= 4 is 23.4 Å². The van der Waals surface area contributed by atoms with Crippen molar-refractivity contribution in [3.8, 4) is 0 Å². The van der Waals surface area contributed by atoms with Crippen molar-refractivity contribution in [2.45, 2.75) is 25.2 Å². The third-order valence-electron chi connectivity index (χ3n) is 5.40. The van der Waals surface area contributed by atoms with Crippen LogP contribution in [0.5, 0.6) is 0 Å². The number of hydrogen-bond donors (Lipinski definition) is 1. The third kappa shape index (κ3) is 5.52. The first kappa shape index (κ1) is 21.1. The van der Waals surface area contributed by atoms with Crippen LogP contribution in [0.4, 0.5) is 0 Å². The molecule has 160 valence electrons. The van der Waals surface area contributed by atoms with E-state index in [9.17, 15) is 9.59 Å². The molecule has 0 saturated carbocycles. The molecule has 4 rings (SSSR count). The molecular formula is C24H24ClN3O3. The average Bonchev–Trinajstić information content (AvgIpc) is 3.26. The zero-order valence-electron chi connectivity index (χ0n) is 17.1. The van der Waals surface area contributed by atoms with E-state index >= 15 is 0 Å². The number of halogens is 1. The molecule has 31 heavy (non-hydrogen) atoms. The van der Waals surface area contributed by atoms with E-state index in [0.29, 0.717) is 36.0 Å². The predicted molar refractivity (Wildman–Crippen MR) is 118 cm³/mol. The van der Waals surface area contributed by atoms with Crippen LogP contribution in [0.3, 0.4) is 0 Å². The summed E-state index contributed by atoms with van der Waals surface area (Å²) in [5.41, 5.74) is 1.60. The van der Waals surface area contributed by atoms with Crippen molar-refractivity contribution < 1.29 is 14.0 Å². The van der Waals surface area contributed by atoms with Gasteiger partial charge in [0.15, 0.2) is 5.89 Å². The molecule has 1 atom stereocenters. The first-order valence-electron chi connectivity index (χ1n) is 10.4. The van der Waals surface area contributed by atoms with Crippen LogP contribution in [0.1, 0.15) is 46.3 Å². The lowest BCUT2D eigenvalue weighted by Gasteiger charge is -2.31. The summed E-state index contributed by atoms with van der Waals surface area (Å²) in [7, 11) is 0. The van der Waals surface area contributed by atoms with Gasteiger partial charge in [0.25, 0.3) is 5.91 Å². The second-order valence-electron chi connectivity index (χ2n) is 7.70. The average molecular weight is 438 g/mol. The summed E-state index contributed by atoms with van der Waals surface area (Å²) < 4.78 is 5.99. The molecular weight excluding hydrogens is 414 g/mol. The Hall–Kier alpha value is -3.12. The SMILES string of the molecule is O=C(NCC(=O)N1CCCC(c2ncc(Cc3cccc(Cl)c3)o2)C1)c1ccccc1. The Labute approximate surface area is 186 Å². The summed E-state index contributed by atoms with van der Waals surface area (Å²) in [5, 5.41) is 3.40. The maximum Gasteiger partial charge on any atom is 0.251 e. The highest BCUT2D eigenvalue weighted by atomic mass is 35.5. The van der Waals surface area contributed by atoms with Crippen LogP contribution in [0.2, 0.25) is 5.02 Å². The van der Waals surface area contributed by atoms with Crippen LogP contribution >= 0.6 is 11.6 Å². The molecule has 1 fully saturated rings. The van der Waals surface area contributed by atoms with Crippen LogP contribution in [0, 0.1) is 0 Å². The molecule has 0 radical (unpaired) electrons. The number of nitrogens with one attached hydrogen (secondary N) is 1. The van der Waals surface area contributed by atoms with Gasteiger partial charge in [0.2, 0.25) is 5.91 Å². The number of oxazole rings is 1. The molecule has 6 nitrogen and oxygen atoms in total. The van der Waals surface area contributed by atoms with Gasteiger partial charge in [-0.25, -0.2) is 4.98 Å². The van der Waals surface area contributed by atoms with Crippen molar-refractivity contribution in [3.05, 3.63) is 88.6 Å². The van der Waals surface area contributed by atoms with E-state index in [1.165, 1.54) is 0 Å². The van der Waals surface area contributed by atoms with E-state index in [1.54, 1.807) is 35.4 Å². The minimum Gasteiger partial charge on any atom is -0.445 e. The van der Waals surface area contributed by atoms with Crippen LogP contribution in [-0.2, 0) is 11.2 Å². The summed E-state index contributed by atoms with van der Waals surface area (Å²) in [5.74, 6) is 1.13. The largest absolute Gasteiger partial charge is 0.445 e. The molecule has 1 unspecified atom stereocenters. The molecule has 0 spiro atoms. The molecule has 0 bridgehead atoms. The number of amides is 2. The lowest BCUT2D eigenvalue weighted by atomic mass is 9.98. The van der Waals surface area contributed by atoms with Crippen molar-refractivity contribution in [1.82, 2.24) is 15.2 Å². The van der Waals surface area contributed by atoms with Crippen LogP contribution in [-0.4, -0.2) is 41.3 Å². The van der Waals surface area contributed by atoms with E-state index < -0.39 is 0 Å². The molecule has 1 N–H and O–H groups in total. The van der Waals surface area contributed by atoms with Crippen LogP contribution < -0.4 is 5.32 Å². The Morgan fingerprint density at radius 2 is 2.00 bits per heavy atom.